The van der Waals surface area contributed by atoms with Gasteiger partial charge in [-0.15, -0.1) is 0 Å². The molecule has 0 saturated heterocycles. The van der Waals surface area contributed by atoms with Crippen LogP contribution in [0.1, 0.15) is 0 Å². The molecule has 2 rings (SSSR count). The van der Waals surface area contributed by atoms with Crippen LogP contribution in [0.2, 0.25) is 0 Å². The normalized spacial score (nSPS) is 39.8. The summed E-state index contributed by atoms with van der Waals surface area (Å²) in [6.45, 7) is 0. The van der Waals surface area contributed by atoms with Gasteiger partial charge in [0.25, 0.3) is 0 Å². The number of aliphatic hydroxyl groups is 1. The van der Waals surface area contributed by atoms with Crippen LogP contribution < -0.4 is 0 Å². The molecule has 1 saturated carbocycles. The number of rotatable bonds is 2. The number of hydrogen-bond donors (Lipinski definition) is 1. The summed E-state index contributed by atoms with van der Waals surface area (Å²) < 4.78 is 9.34. The maximum Gasteiger partial charge on any atom is 0.310 e. The second-order valence-corrected chi connectivity index (χ2v) is 4.13. The van der Waals surface area contributed by atoms with Crippen LogP contribution in [0.15, 0.2) is 12.2 Å². The molecule has 1 unspecified atom stereocenters. The molecule has 0 aromatic heterocycles. The number of methoxy groups -OCH3 is 2. The van der Waals surface area contributed by atoms with Gasteiger partial charge in [0, 0.05) is 11.8 Å². The van der Waals surface area contributed by atoms with Crippen molar-refractivity contribution in [2.24, 2.45) is 23.7 Å². The molecule has 0 aromatic carbocycles. The Bertz CT molecular complexity index is 316. The van der Waals surface area contributed by atoms with E-state index in [1.54, 1.807) is 12.2 Å². The molecular formula is C11H14O5. The maximum atomic E-state index is 11.6. The van der Waals surface area contributed by atoms with Crippen LogP contribution in [0.25, 0.3) is 0 Å². The largest absolute Gasteiger partial charge is 0.469 e. The van der Waals surface area contributed by atoms with Crippen LogP contribution in [0, 0.1) is 23.7 Å². The predicted octanol–water partition coefficient (Wildman–Crippen LogP) is -0.259. The van der Waals surface area contributed by atoms with Gasteiger partial charge in [-0.05, 0) is 0 Å². The number of fused-ring (bicyclic) bond motifs is 2. The number of esters is 2. The summed E-state index contributed by atoms with van der Waals surface area (Å²) in [7, 11) is 2.55. The van der Waals surface area contributed by atoms with Gasteiger partial charge in [-0.3, -0.25) is 9.59 Å². The van der Waals surface area contributed by atoms with Gasteiger partial charge in [0.05, 0.1) is 32.2 Å². The van der Waals surface area contributed by atoms with E-state index in [1.165, 1.54) is 14.2 Å². The summed E-state index contributed by atoms with van der Waals surface area (Å²) in [5.74, 6) is -2.84. The second-order valence-electron chi connectivity index (χ2n) is 4.13. The first-order valence-corrected chi connectivity index (χ1v) is 5.14. The molecule has 1 fully saturated rings. The van der Waals surface area contributed by atoms with Crippen molar-refractivity contribution in [3.63, 3.8) is 0 Å². The topological polar surface area (TPSA) is 72.8 Å². The molecule has 0 radical (unpaired) electrons. The van der Waals surface area contributed by atoms with E-state index in [9.17, 15) is 14.7 Å². The molecule has 5 atom stereocenters. The van der Waals surface area contributed by atoms with E-state index >= 15 is 0 Å². The molecule has 0 aliphatic heterocycles. The third-order valence-electron chi connectivity index (χ3n) is 3.51. The monoisotopic (exact) mass is 226 g/mol. The number of carbonyl (C=O) groups excluding carboxylic acids is 2. The molecule has 16 heavy (non-hydrogen) atoms. The first kappa shape index (κ1) is 11.1. The van der Waals surface area contributed by atoms with E-state index < -0.39 is 29.9 Å². The number of hydrogen-bond acceptors (Lipinski definition) is 5. The second kappa shape index (κ2) is 3.90. The molecule has 1 N–H and O–H groups in total. The highest BCUT2D eigenvalue weighted by Gasteiger charge is 2.58. The molecule has 0 heterocycles. The lowest BCUT2D eigenvalue weighted by atomic mass is 9.83. The molecule has 5 nitrogen and oxygen atoms in total. The zero-order chi connectivity index (χ0) is 11.9. The van der Waals surface area contributed by atoms with Crippen LogP contribution in [0.4, 0.5) is 0 Å². The standard InChI is InChI=1S/C11H14O5/c1-15-10(13)7-5-3-4-6(9(5)12)8(7)11(14)16-2/h3-9,12H,1-2H3/t5-,6+,7-,8-,9?/m0/s1. The molecule has 0 amide bonds. The summed E-state index contributed by atoms with van der Waals surface area (Å²) in [5, 5.41) is 9.88. The Morgan fingerprint density at radius 3 is 1.69 bits per heavy atom. The minimum atomic E-state index is -0.687. The van der Waals surface area contributed by atoms with E-state index in [0.29, 0.717) is 0 Å². The Hall–Kier alpha value is -1.36. The van der Waals surface area contributed by atoms with E-state index in [2.05, 4.69) is 9.47 Å². The first-order chi connectivity index (χ1) is 7.61. The first-order valence-electron chi connectivity index (χ1n) is 5.14. The van der Waals surface area contributed by atoms with Crippen molar-refractivity contribution in [2.75, 3.05) is 14.2 Å². The van der Waals surface area contributed by atoms with Gasteiger partial charge < -0.3 is 14.6 Å². The van der Waals surface area contributed by atoms with Crippen LogP contribution in [-0.4, -0.2) is 37.4 Å². The Morgan fingerprint density at radius 1 is 1.00 bits per heavy atom. The lowest BCUT2D eigenvalue weighted by Crippen LogP contribution is -2.34. The minimum Gasteiger partial charge on any atom is -0.469 e. The highest BCUT2D eigenvalue weighted by Crippen LogP contribution is 2.49. The lowest BCUT2D eigenvalue weighted by Gasteiger charge is -2.22. The van der Waals surface area contributed by atoms with Gasteiger partial charge in [0.2, 0.25) is 0 Å². The summed E-state index contributed by atoms with van der Waals surface area (Å²) in [5.41, 5.74) is 0. The maximum absolute atomic E-state index is 11.6. The van der Waals surface area contributed by atoms with Crippen molar-refractivity contribution in [3.05, 3.63) is 12.2 Å². The molecule has 5 heteroatoms. The smallest absolute Gasteiger partial charge is 0.310 e. The van der Waals surface area contributed by atoms with Crippen molar-refractivity contribution in [3.8, 4) is 0 Å². The number of ether oxygens (including phenoxy) is 2. The van der Waals surface area contributed by atoms with Gasteiger partial charge in [-0.25, -0.2) is 0 Å². The van der Waals surface area contributed by atoms with Gasteiger partial charge in [-0.1, -0.05) is 12.2 Å². The van der Waals surface area contributed by atoms with E-state index in [1.807, 2.05) is 0 Å². The predicted molar refractivity (Wildman–Crippen MR) is 53.1 cm³/mol. The van der Waals surface area contributed by atoms with Crippen LogP contribution in [0.5, 0.6) is 0 Å². The Morgan fingerprint density at radius 2 is 1.38 bits per heavy atom. The third-order valence-corrected chi connectivity index (χ3v) is 3.51. The van der Waals surface area contributed by atoms with E-state index in [4.69, 9.17) is 0 Å². The Labute approximate surface area is 93.0 Å². The van der Waals surface area contributed by atoms with Crippen molar-refractivity contribution >= 4 is 11.9 Å². The Kier molecular flexibility index (Phi) is 2.71. The fourth-order valence-corrected chi connectivity index (χ4v) is 2.76. The quantitative estimate of drug-likeness (QED) is 0.519. The summed E-state index contributed by atoms with van der Waals surface area (Å²) in [6.07, 6.45) is 2.86. The van der Waals surface area contributed by atoms with Gasteiger partial charge >= 0.3 is 11.9 Å². The highest BCUT2D eigenvalue weighted by atomic mass is 16.5. The fraction of sp³-hybridized carbons (Fsp3) is 0.636. The van der Waals surface area contributed by atoms with Crippen LogP contribution in [-0.2, 0) is 19.1 Å². The summed E-state index contributed by atoms with van der Waals surface area (Å²) >= 11 is 0. The molecule has 0 aromatic rings. The molecule has 2 aliphatic rings. The van der Waals surface area contributed by atoms with E-state index in [0.717, 1.165) is 0 Å². The minimum absolute atomic E-state index is 0.332. The molecular weight excluding hydrogens is 212 g/mol. The van der Waals surface area contributed by atoms with Gasteiger partial charge in [-0.2, -0.15) is 0 Å². The molecule has 88 valence electrons. The average molecular weight is 226 g/mol. The van der Waals surface area contributed by atoms with E-state index in [-0.39, 0.29) is 11.8 Å². The summed E-state index contributed by atoms with van der Waals surface area (Å²) in [4.78, 5) is 23.2. The van der Waals surface area contributed by atoms with Gasteiger partial charge in [0.1, 0.15) is 0 Å². The lowest BCUT2D eigenvalue weighted by molar-refractivity contribution is -0.158. The number of carbonyl (C=O) groups is 2. The highest BCUT2D eigenvalue weighted by molar-refractivity contribution is 5.84. The van der Waals surface area contributed by atoms with Crippen LogP contribution in [0.3, 0.4) is 0 Å². The van der Waals surface area contributed by atoms with Crippen molar-refractivity contribution in [1.82, 2.24) is 0 Å². The van der Waals surface area contributed by atoms with Crippen molar-refractivity contribution < 1.29 is 24.2 Å². The third kappa shape index (κ3) is 1.35. The average Bonchev–Trinajstić information content (AvgIpc) is 2.80. The van der Waals surface area contributed by atoms with Gasteiger partial charge in [0.15, 0.2) is 0 Å². The zero-order valence-electron chi connectivity index (χ0n) is 9.12. The molecule has 2 bridgehead atoms. The SMILES string of the molecule is COC(=O)[C@@H]1[C@@H](C(=O)OC)[C@H]2C=C[C@@H]1C2O. The fourth-order valence-electron chi connectivity index (χ4n) is 2.76. The van der Waals surface area contributed by atoms with Crippen molar-refractivity contribution in [1.29, 1.82) is 0 Å². The molecule has 2 aliphatic carbocycles. The summed E-state index contributed by atoms with van der Waals surface area (Å²) in [6, 6.07) is 0. The number of aliphatic hydroxyl groups excluding tert-OH is 1. The zero-order valence-corrected chi connectivity index (χ0v) is 9.12. The molecule has 0 spiro atoms. The Balaban J connectivity index is 2.31. The van der Waals surface area contributed by atoms with Crippen LogP contribution >= 0.6 is 0 Å². The van der Waals surface area contributed by atoms with Crippen molar-refractivity contribution in [2.45, 2.75) is 6.10 Å².